The normalized spacial score (nSPS) is 11.1. The van der Waals surface area contributed by atoms with E-state index in [2.05, 4.69) is 20.2 Å². The second-order valence-electron chi connectivity index (χ2n) is 6.68. The number of aryl methyl sites for hydroxylation is 1. The van der Waals surface area contributed by atoms with Gasteiger partial charge in [-0.1, -0.05) is 65.9 Å². The van der Waals surface area contributed by atoms with Crippen LogP contribution in [0.2, 0.25) is 0 Å². The molecule has 0 saturated carbocycles. The number of hydrogen-bond acceptors (Lipinski definition) is 6. The summed E-state index contributed by atoms with van der Waals surface area (Å²) < 4.78 is 27.8. The monoisotopic (exact) mass is 450 g/mol. The topological polar surface area (TPSA) is 101 Å². The molecule has 0 unspecified atom stereocenters. The molecule has 0 spiro atoms. The second-order valence-corrected chi connectivity index (χ2v) is 9.34. The van der Waals surface area contributed by atoms with Crippen LogP contribution in [0.3, 0.4) is 0 Å². The van der Waals surface area contributed by atoms with E-state index < -0.39 is 15.9 Å². The lowest BCUT2D eigenvalue weighted by Crippen LogP contribution is -2.16. The average Bonchev–Trinajstić information content (AvgIpc) is 3.25. The molecule has 4 rings (SSSR count). The predicted octanol–water partition coefficient (Wildman–Crippen LogP) is 4.57. The Balaban J connectivity index is 1.53. The second kappa shape index (κ2) is 8.66. The van der Waals surface area contributed by atoms with E-state index in [9.17, 15) is 13.2 Å². The quantitative estimate of drug-likeness (QED) is 0.448. The maximum absolute atomic E-state index is 12.7. The van der Waals surface area contributed by atoms with Gasteiger partial charge in [0, 0.05) is 11.1 Å². The first-order valence-electron chi connectivity index (χ1n) is 9.31. The third kappa shape index (κ3) is 4.79. The fraction of sp³-hybridized carbons (Fsp3) is 0.0455. The molecule has 0 aliphatic rings. The first-order chi connectivity index (χ1) is 14.9. The zero-order valence-corrected chi connectivity index (χ0v) is 18.1. The summed E-state index contributed by atoms with van der Waals surface area (Å²) in [4.78, 5) is 12.9. The number of carbonyl (C=O) groups excluding carboxylic acids is 1. The van der Waals surface area contributed by atoms with Gasteiger partial charge in [-0.2, -0.15) is 0 Å². The lowest BCUT2D eigenvalue weighted by Gasteiger charge is -2.12. The molecule has 2 N–H and O–H groups in total. The van der Waals surface area contributed by atoms with Crippen LogP contribution in [-0.2, 0) is 10.0 Å². The summed E-state index contributed by atoms with van der Waals surface area (Å²) >= 11 is 1.26. The van der Waals surface area contributed by atoms with Gasteiger partial charge in [0.2, 0.25) is 5.13 Å². The van der Waals surface area contributed by atoms with Crippen LogP contribution in [0.5, 0.6) is 0 Å². The Morgan fingerprint density at radius 3 is 2.29 bits per heavy atom. The smallest absolute Gasteiger partial charge is 0.261 e. The van der Waals surface area contributed by atoms with Crippen molar-refractivity contribution in [3.05, 3.63) is 90.0 Å². The summed E-state index contributed by atoms with van der Waals surface area (Å²) in [7, 11) is -3.77. The third-order valence-electron chi connectivity index (χ3n) is 4.46. The van der Waals surface area contributed by atoms with E-state index in [0.29, 0.717) is 27.0 Å². The van der Waals surface area contributed by atoms with Crippen LogP contribution < -0.4 is 10.0 Å². The largest absolute Gasteiger partial charge is 0.296 e. The van der Waals surface area contributed by atoms with Crippen molar-refractivity contribution in [2.75, 3.05) is 10.0 Å². The molecule has 9 heteroatoms. The highest BCUT2D eigenvalue weighted by Crippen LogP contribution is 2.27. The summed E-state index contributed by atoms with van der Waals surface area (Å²) in [6.45, 7) is 1.77. The highest BCUT2D eigenvalue weighted by Gasteiger charge is 2.17. The lowest BCUT2D eigenvalue weighted by atomic mass is 10.1. The fourth-order valence-electron chi connectivity index (χ4n) is 2.82. The van der Waals surface area contributed by atoms with E-state index in [1.165, 1.54) is 29.5 Å². The van der Waals surface area contributed by atoms with Crippen LogP contribution in [-0.4, -0.2) is 24.5 Å². The molecule has 0 aliphatic carbocycles. The molecular weight excluding hydrogens is 432 g/mol. The number of benzene rings is 3. The Morgan fingerprint density at radius 1 is 0.903 bits per heavy atom. The molecule has 0 atom stereocenters. The van der Waals surface area contributed by atoms with Crippen LogP contribution in [0.25, 0.3) is 10.6 Å². The Labute approximate surface area is 183 Å². The SMILES string of the molecule is Cc1ccc(C(=O)Nc2nnc(-c3ccccc3)s2)cc1NS(=O)(=O)c1ccccc1. The number of sulfonamides is 1. The molecule has 3 aromatic carbocycles. The van der Waals surface area contributed by atoms with Crippen molar-refractivity contribution in [1.29, 1.82) is 0 Å². The van der Waals surface area contributed by atoms with Crippen LogP contribution in [0.15, 0.2) is 83.8 Å². The molecule has 1 heterocycles. The molecule has 0 radical (unpaired) electrons. The van der Waals surface area contributed by atoms with Gasteiger partial charge in [0.1, 0.15) is 5.01 Å². The van der Waals surface area contributed by atoms with Crippen molar-refractivity contribution in [3.8, 4) is 10.6 Å². The van der Waals surface area contributed by atoms with E-state index >= 15 is 0 Å². The zero-order valence-electron chi connectivity index (χ0n) is 16.4. The number of anilines is 2. The minimum atomic E-state index is -3.77. The van der Waals surface area contributed by atoms with Gasteiger partial charge in [0.15, 0.2) is 0 Å². The Morgan fingerprint density at radius 2 is 1.58 bits per heavy atom. The lowest BCUT2D eigenvalue weighted by molar-refractivity contribution is 0.102. The number of carbonyl (C=O) groups is 1. The van der Waals surface area contributed by atoms with Crippen molar-refractivity contribution in [3.63, 3.8) is 0 Å². The molecule has 1 amide bonds. The summed E-state index contributed by atoms with van der Waals surface area (Å²) in [6, 6.07) is 22.4. The Hall–Kier alpha value is -3.56. The molecule has 1 aromatic heterocycles. The zero-order chi connectivity index (χ0) is 21.8. The van der Waals surface area contributed by atoms with Crippen LogP contribution in [0.4, 0.5) is 10.8 Å². The number of amides is 1. The van der Waals surface area contributed by atoms with Crippen molar-refractivity contribution in [1.82, 2.24) is 10.2 Å². The maximum Gasteiger partial charge on any atom is 0.261 e. The van der Waals surface area contributed by atoms with Crippen LogP contribution in [0, 0.1) is 6.92 Å². The number of nitrogens with zero attached hydrogens (tertiary/aromatic N) is 2. The maximum atomic E-state index is 12.7. The molecule has 0 bridgehead atoms. The third-order valence-corrected chi connectivity index (χ3v) is 6.73. The highest BCUT2D eigenvalue weighted by atomic mass is 32.2. The molecule has 0 fully saturated rings. The van der Waals surface area contributed by atoms with Gasteiger partial charge in [-0.05, 0) is 36.8 Å². The van der Waals surface area contributed by atoms with Crippen LogP contribution >= 0.6 is 11.3 Å². The van der Waals surface area contributed by atoms with Gasteiger partial charge in [-0.25, -0.2) is 8.42 Å². The van der Waals surface area contributed by atoms with Crippen LogP contribution in [0.1, 0.15) is 15.9 Å². The van der Waals surface area contributed by atoms with E-state index in [0.717, 1.165) is 5.56 Å². The highest BCUT2D eigenvalue weighted by molar-refractivity contribution is 7.92. The fourth-order valence-corrected chi connectivity index (χ4v) is 4.70. The number of hydrogen-bond donors (Lipinski definition) is 2. The minimum absolute atomic E-state index is 0.145. The molecule has 0 aliphatic heterocycles. The first-order valence-corrected chi connectivity index (χ1v) is 11.6. The van der Waals surface area contributed by atoms with E-state index in [1.807, 2.05) is 30.3 Å². The van der Waals surface area contributed by atoms with E-state index in [-0.39, 0.29) is 4.90 Å². The van der Waals surface area contributed by atoms with Crippen molar-refractivity contribution in [2.45, 2.75) is 11.8 Å². The molecule has 0 saturated heterocycles. The molecule has 4 aromatic rings. The standard InChI is InChI=1S/C22H18N4O3S2/c1-15-12-13-17(14-19(15)26-31(28,29)18-10-6-3-7-11-18)20(27)23-22-25-24-21(30-22)16-8-4-2-5-9-16/h2-14,26H,1H3,(H,23,25,27). The van der Waals surface area contributed by atoms with Gasteiger partial charge in [-0.15, -0.1) is 10.2 Å². The molecular formula is C22H18N4O3S2. The summed E-state index contributed by atoms with van der Waals surface area (Å²) in [5.74, 6) is -0.407. The molecule has 31 heavy (non-hydrogen) atoms. The van der Waals surface area contributed by atoms with Crippen molar-refractivity contribution < 1.29 is 13.2 Å². The average molecular weight is 451 g/mol. The number of aromatic nitrogens is 2. The molecule has 156 valence electrons. The van der Waals surface area contributed by atoms with Gasteiger partial charge in [0.05, 0.1) is 10.6 Å². The Kier molecular flexibility index (Phi) is 5.79. The van der Waals surface area contributed by atoms with Gasteiger partial charge >= 0.3 is 0 Å². The van der Waals surface area contributed by atoms with Crippen molar-refractivity contribution >= 4 is 38.1 Å². The predicted molar refractivity (Wildman–Crippen MR) is 122 cm³/mol. The summed E-state index contributed by atoms with van der Waals surface area (Å²) in [5, 5.41) is 11.9. The van der Waals surface area contributed by atoms with E-state index in [4.69, 9.17) is 0 Å². The number of rotatable bonds is 6. The minimum Gasteiger partial charge on any atom is -0.296 e. The van der Waals surface area contributed by atoms with Crippen molar-refractivity contribution in [2.24, 2.45) is 0 Å². The number of nitrogens with one attached hydrogen (secondary N) is 2. The van der Waals surface area contributed by atoms with Gasteiger partial charge in [0.25, 0.3) is 15.9 Å². The molecule has 7 nitrogen and oxygen atoms in total. The summed E-state index contributed by atoms with van der Waals surface area (Å²) in [5.41, 5.74) is 2.23. The summed E-state index contributed by atoms with van der Waals surface area (Å²) in [6.07, 6.45) is 0. The van der Waals surface area contributed by atoms with Gasteiger partial charge in [-0.3, -0.25) is 14.8 Å². The first kappa shape index (κ1) is 20.7. The van der Waals surface area contributed by atoms with Gasteiger partial charge < -0.3 is 0 Å². The Bertz CT molecular complexity index is 1320. The van der Waals surface area contributed by atoms with E-state index in [1.54, 1.807) is 37.3 Å².